The fourth-order valence-corrected chi connectivity index (χ4v) is 1.19. The van der Waals surface area contributed by atoms with Crippen molar-refractivity contribution in [1.82, 2.24) is 0 Å². The Balaban J connectivity index is 2.41. The van der Waals surface area contributed by atoms with Crippen LogP contribution in [0.15, 0.2) is 4.99 Å². The molecule has 0 aromatic heterocycles. The average molecular weight is 170 g/mol. The lowest BCUT2D eigenvalue weighted by Crippen LogP contribution is -2.27. The van der Waals surface area contributed by atoms with Crippen molar-refractivity contribution in [2.45, 2.75) is 32.7 Å². The highest BCUT2D eigenvalue weighted by atomic mass is 16.5. The molecule has 0 radical (unpaired) electrons. The van der Waals surface area contributed by atoms with Gasteiger partial charge in [-0.1, -0.05) is 13.8 Å². The Morgan fingerprint density at radius 3 is 2.83 bits per heavy atom. The summed E-state index contributed by atoms with van der Waals surface area (Å²) in [5.41, 5.74) is 5.74. The molecule has 1 unspecified atom stereocenters. The van der Waals surface area contributed by atoms with Gasteiger partial charge in [-0.25, -0.2) is 0 Å². The van der Waals surface area contributed by atoms with E-state index in [1.165, 1.54) is 0 Å². The Hall–Kier alpha value is -0.570. The molecule has 12 heavy (non-hydrogen) atoms. The Morgan fingerprint density at radius 2 is 2.33 bits per heavy atom. The van der Waals surface area contributed by atoms with E-state index in [2.05, 4.69) is 18.8 Å². The van der Waals surface area contributed by atoms with Crippen LogP contribution in [0.1, 0.15) is 26.7 Å². The van der Waals surface area contributed by atoms with Crippen LogP contribution >= 0.6 is 0 Å². The maximum Gasteiger partial charge on any atom is 0.0967 e. The molecule has 2 N–H and O–H groups in total. The van der Waals surface area contributed by atoms with Crippen molar-refractivity contribution in [3.63, 3.8) is 0 Å². The van der Waals surface area contributed by atoms with Crippen molar-refractivity contribution in [2.75, 3.05) is 13.2 Å². The number of nitrogens with two attached hydrogens (primary N) is 1. The fourth-order valence-electron chi connectivity index (χ4n) is 1.19. The van der Waals surface area contributed by atoms with Crippen LogP contribution in [-0.2, 0) is 4.74 Å². The van der Waals surface area contributed by atoms with Crippen LogP contribution in [0, 0.1) is 5.92 Å². The molecule has 1 atom stereocenters. The normalized spacial score (nSPS) is 26.2. The van der Waals surface area contributed by atoms with Crippen molar-refractivity contribution < 1.29 is 4.74 Å². The highest BCUT2D eigenvalue weighted by molar-refractivity contribution is 5.82. The minimum Gasteiger partial charge on any atom is -0.387 e. The van der Waals surface area contributed by atoms with Crippen LogP contribution in [0.5, 0.6) is 0 Å². The Morgan fingerprint density at radius 1 is 1.58 bits per heavy atom. The van der Waals surface area contributed by atoms with Gasteiger partial charge in [0.1, 0.15) is 0 Å². The SMILES string of the molecule is CC(C)C(N)=NC1CCCOC1. The molecule has 0 spiro atoms. The highest BCUT2D eigenvalue weighted by Crippen LogP contribution is 2.10. The van der Waals surface area contributed by atoms with E-state index in [9.17, 15) is 0 Å². The summed E-state index contributed by atoms with van der Waals surface area (Å²) in [5.74, 6) is 1.11. The van der Waals surface area contributed by atoms with Crippen molar-refractivity contribution in [2.24, 2.45) is 16.6 Å². The van der Waals surface area contributed by atoms with Crippen molar-refractivity contribution in [3.05, 3.63) is 0 Å². The summed E-state index contributed by atoms with van der Waals surface area (Å²) in [6.07, 6.45) is 2.23. The van der Waals surface area contributed by atoms with Gasteiger partial charge in [0.15, 0.2) is 0 Å². The predicted octanol–water partition coefficient (Wildman–Crippen LogP) is 1.18. The molecule has 0 bridgehead atoms. The van der Waals surface area contributed by atoms with Gasteiger partial charge in [0, 0.05) is 12.5 Å². The van der Waals surface area contributed by atoms with E-state index in [0.29, 0.717) is 12.0 Å². The average Bonchev–Trinajstić information content (AvgIpc) is 2.06. The number of nitrogens with zero attached hydrogens (tertiary/aromatic N) is 1. The lowest BCUT2D eigenvalue weighted by molar-refractivity contribution is 0.0827. The van der Waals surface area contributed by atoms with Gasteiger partial charge in [0.2, 0.25) is 0 Å². The van der Waals surface area contributed by atoms with E-state index in [4.69, 9.17) is 10.5 Å². The molecule has 1 rings (SSSR count). The highest BCUT2D eigenvalue weighted by Gasteiger charge is 2.13. The maximum atomic E-state index is 5.74. The van der Waals surface area contributed by atoms with Crippen LogP contribution in [0.25, 0.3) is 0 Å². The quantitative estimate of drug-likeness (QED) is 0.499. The van der Waals surface area contributed by atoms with Crippen LogP contribution in [0.4, 0.5) is 0 Å². The molecule has 0 amide bonds. The summed E-state index contributed by atoms with van der Waals surface area (Å²) in [6, 6.07) is 0.307. The zero-order chi connectivity index (χ0) is 8.97. The van der Waals surface area contributed by atoms with E-state index in [1.54, 1.807) is 0 Å². The largest absolute Gasteiger partial charge is 0.387 e. The zero-order valence-corrected chi connectivity index (χ0v) is 7.92. The number of ether oxygens (including phenoxy) is 1. The lowest BCUT2D eigenvalue weighted by Gasteiger charge is -2.19. The Kier molecular flexibility index (Phi) is 3.53. The molecule has 0 aliphatic carbocycles. The smallest absolute Gasteiger partial charge is 0.0967 e. The molecule has 0 saturated carbocycles. The lowest BCUT2D eigenvalue weighted by atomic mass is 10.1. The summed E-state index contributed by atoms with van der Waals surface area (Å²) >= 11 is 0. The van der Waals surface area contributed by atoms with Gasteiger partial charge in [-0.3, -0.25) is 4.99 Å². The van der Waals surface area contributed by atoms with Gasteiger partial charge in [0.25, 0.3) is 0 Å². The van der Waals surface area contributed by atoms with Crippen LogP contribution in [0.3, 0.4) is 0 Å². The van der Waals surface area contributed by atoms with E-state index >= 15 is 0 Å². The number of amidine groups is 1. The monoisotopic (exact) mass is 170 g/mol. The van der Waals surface area contributed by atoms with Gasteiger partial charge in [-0.15, -0.1) is 0 Å². The Labute approximate surface area is 74.0 Å². The second kappa shape index (κ2) is 4.45. The molecule has 70 valence electrons. The minimum atomic E-state index is 0.307. The van der Waals surface area contributed by atoms with Gasteiger partial charge < -0.3 is 10.5 Å². The third kappa shape index (κ3) is 2.81. The first kappa shape index (κ1) is 9.52. The second-order valence-corrected chi connectivity index (χ2v) is 3.58. The first-order chi connectivity index (χ1) is 5.70. The molecular formula is C9H18N2O. The predicted molar refractivity (Wildman–Crippen MR) is 50.3 cm³/mol. The van der Waals surface area contributed by atoms with Gasteiger partial charge in [-0.05, 0) is 12.8 Å². The van der Waals surface area contributed by atoms with Crippen LogP contribution in [-0.4, -0.2) is 25.1 Å². The molecule has 1 heterocycles. The number of rotatable bonds is 2. The van der Waals surface area contributed by atoms with Crippen molar-refractivity contribution in [3.8, 4) is 0 Å². The zero-order valence-electron chi connectivity index (χ0n) is 7.92. The molecule has 3 heteroatoms. The van der Waals surface area contributed by atoms with Crippen LogP contribution < -0.4 is 5.73 Å². The number of aliphatic imine (C=N–C) groups is 1. The van der Waals surface area contributed by atoms with E-state index in [1.807, 2.05) is 0 Å². The first-order valence-corrected chi connectivity index (χ1v) is 4.61. The molecule has 0 aromatic rings. The molecule has 1 saturated heterocycles. The second-order valence-electron chi connectivity index (χ2n) is 3.58. The summed E-state index contributed by atoms with van der Waals surface area (Å²) in [4.78, 5) is 4.40. The molecule has 1 aliphatic heterocycles. The van der Waals surface area contributed by atoms with Crippen molar-refractivity contribution >= 4 is 5.84 Å². The van der Waals surface area contributed by atoms with Gasteiger partial charge in [-0.2, -0.15) is 0 Å². The minimum absolute atomic E-state index is 0.307. The molecular weight excluding hydrogens is 152 g/mol. The summed E-state index contributed by atoms with van der Waals surface area (Å²) < 4.78 is 5.30. The van der Waals surface area contributed by atoms with Crippen LogP contribution in [0.2, 0.25) is 0 Å². The Bertz CT molecular complexity index is 160. The number of hydrogen-bond acceptors (Lipinski definition) is 2. The van der Waals surface area contributed by atoms with Gasteiger partial charge in [0.05, 0.1) is 18.5 Å². The van der Waals surface area contributed by atoms with Gasteiger partial charge >= 0.3 is 0 Å². The number of hydrogen-bond donors (Lipinski definition) is 1. The van der Waals surface area contributed by atoms with E-state index in [-0.39, 0.29) is 0 Å². The molecule has 1 aliphatic rings. The summed E-state index contributed by atoms with van der Waals surface area (Å²) in [5, 5.41) is 0. The summed E-state index contributed by atoms with van der Waals surface area (Å²) in [7, 11) is 0. The summed E-state index contributed by atoms with van der Waals surface area (Å²) in [6.45, 7) is 5.74. The molecule has 3 nitrogen and oxygen atoms in total. The first-order valence-electron chi connectivity index (χ1n) is 4.61. The fraction of sp³-hybridized carbons (Fsp3) is 0.889. The third-order valence-electron chi connectivity index (χ3n) is 2.06. The standard InChI is InChI=1S/C9H18N2O/c1-7(2)9(10)11-8-4-3-5-12-6-8/h7-8H,3-6H2,1-2H3,(H2,10,11). The maximum absolute atomic E-state index is 5.74. The third-order valence-corrected chi connectivity index (χ3v) is 2.06. The van der Waals surface area contributed by atoms with E-state index < -0.39 is 0 Å². The molecule has 0 aromatic carbocycles. The topological polar surface area (TPSA) is 47.6 Å². The van der Waals surface area contributed by atoms with Crippen molar-refractivity contribution in [1.29, 1.82) is 0 Å². The van der Waals surface area contributed by atoms with E-state index in [0.717, 1.165) is 31.9 Å². The molecule has 1 fully saturated rings.